The predicted molar refractivity (Wildman–Crippen MR) is 133 cm³/mol. The van der Waals surface area contributed by atoms with E-state index in [4.69, 9.17) is 9.73 Å². The molecule has 0 bridgehead atoms. The van der Waals surface area contributed by atoms with Gasteiger partial charge in [-0.05, 0) is 39.8 Å². The number of hydrogen-bond donors (Lipinski definition) is 1. The van der Waals surface area contributed by atoms with Crippen LogP contribution < -0.4 is 5.32 Å². The monoisotopic (exact) mass is 534 g/mol. The summed E-state index contributed by atoms with van der Waals surface area (Å²) in [6.45, 7) is 14.1. The normalized spacial score (nSPS) is 15.5. The Morgan fingerprint density at radius 1 is 1.27 bits per heavy atom. The van der Waals surface area contributed by atoms with E-state index < -0.39 is 5.60 Å². The van der Waals surface area contributed by atoms with Crippen molar-refractivity contribution < 1.29 is 9.53 Å². The number of piperazine rings is 1. The SMILES string of the molecule is CCNC(=NCCN1CCN(C(=O)OC(C)(C)C)CC1)N(C)Cc1cccn1C.I. The molecule has 1 saturated heterocycles. The van der Waals surface area contributed by atoms with Gasteiger partial charge in [-0.15, -0.1) is 24.0 Å². The highest BCUT2D eigenvalue weighted by molar-refractivity contribution is 14.0. The summed E-state index contributed by atoms with van der Waals surface area (Å²) in [6.07, 6.45) is 1.84. The second kappa shape index (κ2) is 12.4. The van der Waals surface area contributed by atoms with Crippen molar-refractivity contribution >= 4 is 36.0 Å². The molecule has 0 aliphatic carbocycles. The van der Waals surface area contributed by atoms with Gasteiger partial charge in [0.15, 0.2) is 5.96 Å². The lowest BCUT2D eigenvalue weighted by atomic mass is 10.2. The Bertz CT molecular complexity index is 677. The summed E-state index contributed by atoms with van der Waals surface area (Å²) in [4.78, 5) is 23.3. The molecular weight excluding hydrogens is 495 g/mol. The van der Waals surface area contributed by atoms with E-state index in [1.54, 1.807) is 4.90 Å². The van der Waals surface area contributed by atoms with Crippen molar-refractivity contribution in [1.82, 2.24) is 24.6 Å². The lowest BCUT2D eigenvalue weighted by molar-refractivity contribution is 0.0148. The standard InChI is InChI=1S/C21H38N6O2.HI/c1-7-22-19(25(6)17-18-9-8-11-24(18)5)23-10-12-26-13-15-27(16-14-26)20(28)29-21(2,3)4;/h8-9,11H,7,10,12-17H2,1-6H3,(H,22,23);1H. The first-order chi connectivity index (χ1) is 13.7. The van der Waals surface area contributed by atoms with Crippen molar-refractivity contribution in [3.63, 3.8) is 0 Å². The van der Waals surface area contributed by atoms with Gasteiger partial charge in [0.05, 0.1) is 13.1 Å². The quantitative estimate of drug-likeness (QED) is 0.346. The maximum Gasteiger partial charge on any atom is 0.410 e. The van der Waals surface area contributed by atoms with E-state index in [0.717, 1.165) is 45.2 Å². The van der Waals surface area contributed by atoms with Gasteiger partial charge in [-0.3, -0.25) is 9.89 Å². The summed E-state index contributed by atoms with van der Waals surface area (Å²) >= 11 is 0. The van der Waals surface area contributed by atoms with Crippen molar-refractivity contribution in [2.75, 3.05) is 52.9 Å². The van der Waals surface area contributed by atoms with Crippen LogP contribution in [-0.4, -0.2) is 89.8 Å². The third-order valence-corrected chi connectivity index (χ3v) is 4.85. The van der Waals surface area contributed by atoms with E-state index >= 15 is 0 Å². The summed E-state index contributed by atoms with van der Waals surface area (Å²) in [6, 6.07) is 4.19. The van der Waals surface area contributed by atoms with Crippen molar-refractivity contribution in [3.8, 4) is 0 Å². The number of guanidine groups is 1. The van der Waals surface area contributed by atoms with E-state index in [1.807, 2.05) is 20.8 Å². The highest BCUT2D eigenvalue weighted by Crippen LogP contribution is 2.12. The smallest absolute Gasteiger partial charge is 0.410 e. The molecule has 1 aromatic rings. The second-order valence-corrected chi connectivity index (χ2v) is 8.51. The van der Waals surface area contributed by atoms with E-state index in [2.05, 4.69) is 59.0 Å². The molecule has 0 atom stereocenters. The molecule has 0 saturated carbocycles. The topological polar surface area (TPSA) is 65.3 Å². The van der Waals surface area contributed by atoms with Crippen LogP contribution in [0.1, 0.15) is 33.4 Å². The number of amides is 1. The minimum absolute atomic E-state index is 0. The highest BCUT2D eigenvalue weighted by Gasteiger charge is 2.25. The van der Waals surface area contributed by atoms with Crippen LogP contribution in [0.3, 0.4) is 0 Å². The third-order valence-electron chi connectivity index (χ3n) is 4.85. The van der Waals surface area contributed by atoms with Crippen LogP contribution in [0, 0.1) is 0 Å². The second-order valence-electron chi connectivity index (χ2n) is 8.51. The van der Waals surface area contributed by atoms with Gasteiger partial charge >= 0.3 is 6.09 Å². The average molecular weight is 534 g/mol. The molecule has 1 fully saturated rings. The summed E-state index contributed by atoms with van der Waals surface area (Å²) < 4.78 is 7.59. The van der Waals surface area contributed by atoms with Crippen LogP contribution in [0.25, 0.3) is 0 Å². The number of aryl methyl sites for hydroxylation is 1. The highest BCUT2D eigenvalue weighted by atomic mass is 127. The van der Waals surface area contributed by atoms with E-state index in [-0.39, 0.29) is 30.1 Å². The van der Waals surface area contributed by atoms with Crippen molar-refractivity contribution in [1.29, 1.82) is 0 Å². The molecule has 2 heterocycles. The van der Waals surface area contributed by atoms with Gasteiger partial charge in [0.1, 0.15) is 5.60 Å². The molecule has 172 valence electrons. The number of hydrogen-bond acceptors (Lipinski definition) is 4. The van der Waals surface area contributed by atoms with Gasteiger partial charge in [0.25, 0.3) is 0 Å². The van der Waals surface area contributed by atoms with Gasteiger partial charge in [0.2, 0.25) is 0 Å². The van der Waals surface area contributed by atoms with Crippen LogP contribution in [0.15, 0.2) is 23.3 Å². The summed E-state index contributed by atoms with van der Waals surface area (Å²) in [5, 5.41) is 3.37. The maximum absolute atomic E-state index is 12.2. The number of nitrogens with zero attached hydrogens (tertiary/aromatic N) is 5. The summed E-state index contributed by atoms with van der Waals surface area (Å²) in [5.74, 6) is 0.918. The molecule has 0 radical (unpaired) electrons. The van der Waals surface area contributed by atoms with Crippen molar-refractivity contribution in [3.05, 3.63) is 24.0 Å². The molecule has 8 nitrogen and oxygen atoms in total. The number of carbonyl (C=O) groups excluding carboxylic acids is 1. The Kier molecular flexibility index (Phi) is 11.0. The maximum atomic E-state index is 12.2. The Balaban J connectivity index is 0.00000450. The van der Waals surface area contributed by atoms with Crippen LogP contribution >= 0.6 is 24.0 Å². The Morgan fingerprint density at radius 2 is 1.93 bits per heavy atom. The van der Waals surface area contributed by atoms with Gasteiger partial charge in [0, 0.05) is 65.3 Å². The summed E-state index contributed by atoms with van der Waals surface area (Å²) in [7, 11) is 4.12. The largest absolute Gasteiger partial charge is 0.444 e. The van der Waals surface area contributed by atoms with Crippen LogP contribution in [-0.2, 0) is 18.3 Å². The minimum Gasteiger partial charge on any atom is -0.444 e. The number of aromatic nitrogens is 1. The van der Waals surface area contributed by atoms with Gasteiger partial charge in [-0.1, -0.05) is 0 Å². The van der Waals surface area contributed by atoms with Crippen molar-refractivity contribution in [2.24, 2.45) is 12.0 Å². The molecule has 1 amide bonds. The number of ether oxygens (including phenoxy) is 1. The molecule has 1 aliphatic rings. The number of aliphatic imine (C=N–C) groups is 1. The number of nitrogens with one attached hydrogen (secondary N) is 1. The van der Waals surface area contributed by atoms with E-state index in [9.17, 15) is 4.79 Å². The number of halogens is 1. The molecule has 30 heavy (non-hydrogen) atoms. The molecule has 1 aliphatic heterocycles. The Hall–Kier alpha value is -1.49. The first-order valence-electron chi connectivity index (χ1n) is 10.5. The Morgan fingerprint density at radius 3 is 2.47 bits per heavy atom. The lowest BCUT2D eigenvalue weighted by Crippen LogP contribution is -2.50. The zero-order valence-corrected chi connectivity index (χ0v) is 21.7. The van der Waals surface area contributed by atoms with Crippen molar-refractivity contribution in [2.45, 2.75) is 39.8 Å². The fraction of sp³-hybridized carbons (Fsp3) is 0.714. The summed E-state index contributed by atoms with van der Waals surface area (Å²) in [5.41, 5.74) is 0.799. The van der Waals surface area contributed by atoms with Crippen LogP contribution in [0.5, 0.6) is 0 Å². The van der Waals surface area contributed by atoms with Crippen LogP contribution in [0.4, 0.5) is 4.79 Å². The molecular formula is C21H39IN6O2. The molecule has 0 unspecified atom stereocenters. The molecule has 1 N–H and O–H groups in total. The number of rotatable bonds is 6. The third kappa shape index (κ3) is 8.71. The molecule has 0 aromatic carbocycles. The zero-order valence-electron chi connectivity index (χ0n) is 19.3. The van der Waals surface area contributed by atoms with E-state index in [0.29, 0.717) is 13.1 Å². The van der Waals surface area contributed by atoms with Gasteiger partial charge in [-0.25, -0.2) is 4.79 Å². The fourth-order valence-corrected chi connectivity index (χ4v) is 3.23. The number of carbonyl (C=O) groups is 1. The van der Waals surface area contributed by atoms with Crippen LogP contribution in [0.2, 0.25) is 0 Å². The van der Waals surface area contributed by atoms with Gasteiger partial charge < -0.3 is 24.4 Å². The lowest BCUT2D eigenvalue weighted by Gasteiger charge is -2.35. The zero-order chi connectivity index (χ0) is 21.4. The minimum atomic E-state index is -0.447. The Labute approximate surface area is 198 Å². The first-order valence-corrected chi connectivity index (χ1v) is 10.5. The molecule has 9 heteroatoms. The predicted octanol–water partition coefficient (Wildman–Crippen LogP) is 2.59. The molecule has 2 rings (SSSR count). The average Bonchev–Trinajstić information content (AvgIpc) is 3.04. The molecule has 1 aromatic heterocycles. The first kappa shape index (κ1) is 26.5. The van der Waals surface area contributed by atoms with E-state index in [1.165, 1.54) is 5.69 Å². The fourth-order valence-electron chi connectivity index (χ4n) is 3.23. The molecule has 0 spiro atoms. The van der Waals surface area contributed by atoms with Gasteiger partial charge in [-0.2, -0.15) is 0 Å².